The number of nitrogens with zero attached hydrogens (tertiary/aromatic N) is 3. The summed E-state index contributed by atoms with van der Waals surface area (Å²) in [5.74, 6) is 0.395. The van der Waals surface area contributed by atoms with Crippen LogP contribution < -0.4 is 11.1 Å². The summed E-state index contributed by atoms with van der Waals surface area (Å²) in [5.41, 5.74) is 9.66. The van der Waals surface area contributed by atoms with Gasteiger partial charge in [-0.3, -0.25) is 4.79 Å². The summed E-state index contributed by atoms with van der Waals surface area (Å²) in [6.45, 7) is 0.850. The van der Waals surface area contributed by atoms with Gasteiger partial charge in [0.25, 0.3) is 5.91 Å². The van der Waals surface area contributed by atoms with E-state index in [0.29, 0.717) is 5.69 Å². The van der Waals surface area contributed by atoms with Crippen LogP contribution in [0.15, 0.2) is 48.9 Å². The lowest BCUT2D eigenvalue weighted by Gasteiger charge is -2.06. The number of fused-ring (bicyclic) bond motifs is 1. The average molecular weight is 305 g/mol. The summed E-state index contributed by atoms with van der Waals surface area (Å²) in [5, 5.41) is 3.24. The molecule has 114 valence electrons. The van der Waals surface area contributed by atoms with E-state index in [1.54, 1.807) is 10.6 Å². The van der Waals surface area contributed by atoms with Gasteiger partial charge in [-0.2, -0.15) is 0 Å². The van der Waals surface area contributed by atoms with E-state index in [4.69, 9.17) is 5.73 Å². The molecule has 1 aliphatic rings. The van der Waals surface area contributed by atoms with Crippen molar-refractivity contribution in [3.05, 3.63) is 60.2 Å². The third-order valence-electron chi connectivity index (χ3n) is 3.99. The number of amides is 1. The van der Waals surface area contributed by atoms with Gasteiger partial charge in [0, 0.05) is 29.6 Å². The molecule has 0 aliphatic carbocycles. The quantitative estimate of drug-likeness (QED) is 0.775. The summed E-state index contributed by atoms with van der Waals surface area (Å²) in [4.78, 5) is 20.5. The number of rotatable bonds is 3. The number of benzene rings is 1. The first kappa shape index (κ1) is 13.5. The second-order valence-corrected chi connectivity index (χ2v) is 5.41. The minimum absolute atomic E-state index is 0.435. The Morgan fingerprint density at radius 2 is 2.04 bits per heavy atom. The number of carbonyl (C=O) groups is 1. The lowest BCUT2D eigenvalue weighted by atomic mass is 10.1. The van der Waals surface area contributed by atoms with E-state index in [1.807, 2.05) is 36.5 Å². The van der Waals surface area contributed by atoms with Crippen molar-refractivity contribution in [2.45, 2.75) is 6.42 Å². The molecule has 0 saturated carbocycles. The highest BCUT2D eigenvalue weighted by molar-refractivity contribution is 5.94. The number of aromatic nitrogens is 3. The van der Waals surface area contributed by atoms with Crippen molar-refractivity contribution in [3.63, 3.8) is 0 Å². The van der Waals surface area contributed by atoms with Gasteiger partial charge in [-0.25, -0.2) is 9.97 Å². The average Bonchev–Trinajstić information content (AvgIpc) is 3.22. The molecule has 1 amide bonds. The van der Waals surface area contributed by atoms with Gasteiger partial charge in [-0.1, -0.05) is 18.2 Å². The minimum atomic E-state index is -0.469. The predicted molar refractivity (Wildman–Crippen MR) is 87.5 cm³/mol. The third-order valence-corrected chi connectivity index (χ3v) is 3.99. The van der Waals surface area contributed by atoms with Crippen molar-refractivity contribution in [2.24, 2.45) is 5.73 Å². The van der Waals surface area contributed by atoms with Crippen LogP contribution >= 0.6 is 0 Å². The highest BCUT2D eigenvalue weighted by Gasteiger charge is 2.21. The largest absolute Gasteiger partial charge is 0.369 e. The molecule has 23 heavy (non-hydrogen) atoms. The number of nitrogens with two attached hydrogens (primary N) is 1. The van der Waals surface area contributed by atoms with Crippen molar-refractivity contribution in [1.29, 1.82) is 0 Å². The van der Waals surface area contributed by atoms with Crippen molar-refractivity contribution >= 4 is 11.7 Å². The maximum Gasteiger partial charge on any atom is 0.265 e. The predicted octanol–water partition coefficient (Wildman–Crippen LogP) is 2.00. The summed E-state index contributed by atoms with van der Waals surface area (Å²) in [7, 11) is 0. The Hall–Kier alpha value is -3.15. The Morgan fingerprint density at radius 3 is 2.83 bits per heavy atom. The Kier molecular flexibility index (Phi) is 3.08. The SMILES string of the molecule is NC(=O)c1cc(-c2ncnc3c2CCN3)cn1-c1ccccc1. The normalized spacial score (nSPS) is 12.7. The van der Waals surface area contributed by atoms with Crippen LogP contribution in [-0.2, 0) is 6.42 Å². The van der Waals surface area contributed by atoms with Crippen molar-refractivity contribution in [3.8, 4) is 16.9 Å². The summed E-state index contributed by atoms with van der Waals surface area (Å²) in [6, 6.07) is 11.4. The Balaban J connectivity index is 1.89. The van der Waals surface area contributed by atoms with Gasteiger partial charge in [-0.15, -0.1) is 0 Å². The minimum Gasteiger partial charge on any atom is -0.369 e. The molecule has 6 nitrogen and oxygen atoms in total. The van der Waals surface area contributed by atoms with E-state index >= 15 is 0 Å². The standard InChI is InChI=1S/C17H15N5O/c18-16(23)14-8-11(9-22(14)12-4-2-1-3-5-12)15-13-6-7-19-17(13)21-10-20-15/h1-5,8-10H,6-7H2,(H2,18,23)(H,19,20,21). The molecule has 0 bridgehead atoms. The van der Waals surface area contributed by atoms with Crippen LogP contribution in [0.5, 0.6) is 0 Å². The van der Waals surface area contributed by atoms with Crippen LogP contribution in [0.3, 0.4) is 0 Å². The number of anilines is 1. The molecule has 1 aliphatic heterocycles. The molecule has 0 radical (unpaired) electrons. The van der Waals surface area contributed by atoms with Gasteiger partial charge in [0.1, 0.15) is 17.8 Å². The highest BCUT2D eigenvalue weighted by Crippen LogP contribution is 2.31. The fourth-order valence-electron chi connectivity index (χ4n) is 2.94. The zero-order valence-electron chi connectivity index (χ0n) is 12.4. The molecule has 6 heteroatoms. The number of primary amides is 1. The number of hydrogen-bond donors (Lipinski definition) is 2. The second kappa shape index (κ2) is 5.24. The second-order valence-electron chi connectivity index (χ2n) is 5.41. The number of carbonyl (C=O) groups excluding carboxylic acids is 1. The van der Waals surface area contributed by atoms with Crippen LogP contribution in [0.4, 0.5) is 5.82 Å². The number of nitrogens with one attached hydrogen (secondary N) is 1. The Bertz CT molecular complexity index is 885. The lowest BCUT2D eigenvalue weighted by Crippen LogP contribution is -2.15. The third kappa shape index (κ3) is 2.24. The zero-order valence-corrected chi connectivity index (χ0v) is 12.4. The van der Waals surface area contributed by atoms with Gasteiger partial charge < -0.3 is 15.6 Å². The summed E-state index contributed by atoms with van der Waals surface area (Å²) >= 11 is 0. The molecule has 2 aromatic heterocycles. The van der Waals surface area contributed by atoms with E-state index in [0.717, 1.165) is 41.3 Å². The molecule has 0 saturated heterocycles. The molecule has 3 heterocycles. The van der Waals surface area contributed by atoms with Gasteiger partial charge in [0.2, 0.25) is 0 Å². The lowest BCUT2D eigenvalue weighted by molar-refractivity contribution is 0.0994. The number of para-hydroxylation sites is 1. The smallest absolute Gasteiger partial charge is 0.265 e. The molecular formula is C17H15N5O. The van der Waals surface area contributed by atoms with E-state index in [9.17, 15) is 4.79 Å². The van der Waals surface area contributed by atoms with Crippen LogP contribution in [-0.4, -0.2) is 27.0 Å². The molecular weight excluding hydrogens is 290 g/mol. The molecule has 4 rings (SSSR count). The first-order valence-electron chi connectivity index (χ1n) is 7.40. The monoisotopic (exact) mass is 305 g/mol. The molecule has 0 spiro atoms. The van der Waals surface area contributed by atoms with E-state index in [1.165, 1.54) is 6.33 Å². The van der Waals surface area contributed by atoms with Crippen LogP contribution in [0, 0.1) is 0 Å². The molecule has 3 aromatic rings. The molecule has 0 fully saturated rings. The zero-order chi connectivity index (χ0) is 15.8. The van der Waals surface area contributed by atoms with Crippen LogP contribution in [0.25, 0.3) is 16.9 Å². The highest BCUT2D eigenvalue weighted by atomic mass is 16.1. The van der Waals surface area contributed by atoms with Gasteiger partial charge in [-0.05, 0) is 24.6 Å². The molecule has 1 aromatic carbocycles. The molecule has 3 N–H and O–H groups in total. The molecule has 0 atom stereocenters. The summed E-state index contributed by atoms with van der Waals surface area (Å²) in [6.07, 6.45) is 4.31. The number of hydrogen-bond acceptors (Lipinski definition) is 4. The van der Waals surface area contributed by atoms with E-state index in [-0.39, 0.29) is 0 Å². The van der Waals surface area contributed by atoms with Crippen molar-refractivity contribution < 1.29 is 4.79 Å². The fourth-order valence-corrected chi connectivity index (χ4v) is 2.94. The fraction of sp³-hybridized carbons (Fsp3) is 0.118. The first-order valence-corrected chi connectivity index (χ1v) is 7.40. The van der Waals surface area contributed by atoms with Gasteiger partial charge in [0.15, 0.2) is 0 Å². The topological polar surface area (TPSA) is 85.8 Å². The Labute approximate surface area is 133 Å². The summed E-state index contributed by atoms with van der Waals surface area (Å²) < 4.78 is 1.80. The van der Waals surface area contributed by atoms with E-state index < -0.39 is 5.91 Å². The van der Waals surface area contributed by atoms with Crippen molar-refractivity contribution in [2.75, 3.05) is 11.9 Å². The maximum atomic E-state index is 11.8. The van der Waals surface area contributed by atoms with Crippen molar-refractivity contribution in [1.82, 2.24) is 14.5 Å². The van der Waals surface area contributed by atoms with Crippen LogP contribution in [0.1, 0.15) is 16.1 Å². The first-order chi connectivity index (χ1) is 11.2. The van der Waals surface area contributed by atoms with E-state index in [2.05, 4.69) is 15.3 Å². The van der Waals surface area contributed by atoms with Crippen LogP contribution in [0.2, 0.25) is 0 Å². The molecule has 0 unspecified atom stereocenters. The Morgan fingerprint density at radius 1 is 1.22 bits per heavy atom. The maximum absolute atomic E-state index is 11.8. The van der Waals surface area contributed by atoms with Gasteiger partial charge >= 0.3 is 0 Å². The van der Waals surface area contributed by atoms with Gasteiger partial charge in [0.05, 0.1) is 5.69 Å².